The third-order valence-electron chi connectivity index (χ3n) is 3.10. The summed E-state index contributed by atoms with van der Waals surface area (Å²) in [6.45, 7) is 3.13. The number of halogens is 1. The molecule has 3 heteroatoms. The normalized spacial score (nSPS) is 24.9. The highest BCUT2D eigenvalue weighted by Gasteiger charge is 2.27. The van der Waals surface area contributed by atoms with Crippen LogP contribution in [0.5, 0.6) is 0 Å². The molecule has 2 rings (SSSR count). The third-order valence-corrected chi connectivity index (χ3v) is 4.36. The van der Waals surface area contributed by atoms with Crippen molar-refractivity contribution in [3.63, 3.8) is 0 Å². The van der Waals surface area contributed by atoms with Gasteiger partial charge in [-0.1, -0.05) is 25.1 Å². The summed E-state index contributed by atoms with van der Waals surface area (Å²) in [5.41, 5.74) is 0.859. The Morgan fingerprint density at radius 2 is 2.19 bits per heavy atom. The Kier molecular flexibility index (Phi) is 4.24. The number of hydrogen-bond acceptors (Lipinski definition) is 2. The molecule has 1 N–H and O–H groups in total. The van der Waals surface area contributed by atoms with Crippen molar-refractivity contribution in [2.45, 2.75) is 19.4 Å². The van der Waals surface area contributed by atoms with Gasteiger partial charge in [0.1, 0.15) is 5.82 Å². The summed E-state index contributed by atoms with van der Waals surface area (Å²) in [6, 6.07) is 7.68. The van der Waals surface area contributed by atoms with Crippen molar-refractivity contribution >= 4 is 11.8 Å². The summed E-state index contributed by atoms with van der Waals surface area (Å²) < 4.78 is 13.5. The lowest BCUT2D eigenvalue weighted by molar-refractivity contribution is 0.427. The summed E-state index contributed by atoms with van der Waals surface area (Å²) in [5, 5.41) is 3.49. The Morgan fingerprint density at radius 1 is 1.38 bits per heavy atom. The van der Waals surface area contributed by atoms with E-state index in [1.807, 2.05) is 23.9 Å². The lowest BCUT2D eigenvalue weighted by atomic mass is 9.94. The smallest absolute Gasteiger partial charge is 0.126 e. The van der Waals surface area contributed by atoms with Crippen LogP contribution in [0.4, 0.5) is 4.39 Å². The predicted octanol–water partition coefficient (Wildman–Crippen LogP) is 2.71. The maximum atomic E-state index is 13.5. The Morgan fingerprint density at radius 3 is 2.94 bits per heavy atom. The molecule has 1 heterocycles. The summed E-state index contributed by atoms with van der Waals surface area (Å²) in [7, 11) is 0. The minimum Gasteiger partial charge on any atom is -0.313 e. The van der Waals surface area contributed by atoms with Gasteiger partial charge < -0.3 is 5.32 Å². The molecular formula is C13H18FNS. The number of hydrogen-bond donors (Lipinski definition) is 1. The number of benzene rings is 1. The lowest BCUT2D eigenvalue weighted by Crippen LogP contribution is -2.36. The molecule has 0 radical (unpaired) electrons. The van der Waals surface area contributed by atoms with Crippen molar-refractivity contribution in [3.05, 3.63) is 35.6 Å². The molecule has 2 unspecified atom stereocenters. The summed E-state index contributed by atoms with van der Waals surface area (Å²) in [6.07, 6.45) is 0.858. The van der Waals surface area contributed by atoms with Crippen molar-refractivity contribution in [1.29, 1.82) is 0 Å². The average Bonchev–Trinajstić information content (AvgIpc) is 2.70. The maximum Gasteiger partial charge on any atom is 0.126 e. The van der Waals surface area contributed by atoms with Crippen LogP contribution in [0.2, 0.25) is 0 Å². The minimum atomic E-state index is -0.0605. The Labute approximate surface area is 101 Å². The lowest BCUT2D eigenvalue weighted by Gasteiger charge is -2.19. The first-order valence-electron chi connectivity index (χ1n) is 5.85. The van der Waals surface area contributed by atoms with Crippen LogP contribution in [-0.2, 0) is 6.42 Å². The third kappa shape index (κ3) is 2.77. The molecule has 1 aliphatic heterocycles. The van der Waals surface area contributed by atoms with Gasteiger partial charge in [-0.2, -0.15) is 11.8 Å². The standard InChI is InChI=1S/C13H18FNS/c1-2-15-13-9-16-8-11(13)7-10-5-3-4-6-12(10)14/h3-6,11,13,15H,2,7-9H2,1H3. The average molecular weight is 239 g/mol. The quantitative estimate of drug-likeness (QED) is 0.867. The summed E-state index contributed by atoms with van der Waals surface area (Å²) in [4.78, 5) is 0. The van der Waals surface area contributed by atoms with E-state index in [1.165, 1.54) is 0 Å². The second-order valence-corrected chi connectivity index (χ2v) is 5.33. The number of thioether (sulfide) groups is 1. The Bertz CT molecular complexity index is 342. The van der Waals surface area contributed by atoms with Gasteiger partial charge in [0.05, 0.1) is 0 Å². The molecule has 0 aromatic heterocycles. The molecule has 16 heavy (non-hydrogen) atoms. The van der Waals surface area contributed by atoms with Gasteiger partial charge in [-0.25, -0.2) is 4.39 Å². The number of nitrogens with one attached hydrogen (secondary N) is 1. The minimum absolute atomic E-state index is 0.0605. The first-order valence-corrected chi connectivity index (χ1v) is 7.01. The van der Waals surface area contributed by atoms with Crippen molar-refractivity contribution in [2.75, 3.05) is 18.1 Å². The highest BCUT2D eigenvalue weighted by Crippen LogP contribution is 2.28. The first kappa shape index (κ1) is 11.9. The van der Waals surface area contributed by atoms with Gasteiger partial charge in [0.25, 0.3) is 0 Å². The fourth-order valence-electron chi connectivity index (χ4n) is 2.23. The van der Waals surface area contributed by atoms with Crippen LogP contribution in [0.3, 0.4) is 0 Å². The maximum absolute atomic E-state index is 13.5. The molecule has 1 saturated heterocycles. The van der Waals surface area contributed by atoms with E-state index < -0.39 is 0 Å². The van der Waals surface area contributed by atoms with Gasteiger partial charge in [-0.15, -0.1) is 0 Å². The van der Waals surface area contributed by atoms with Crippen molar-refractivity contribution < 1.29 is 4.39 Å². The molecule has 0 spiro atoms. The van der Waals surface area contributed by atoms with Gasteiger partial charge >= 0.3 is 0 Å². The molecule has 0 amide bonds. The number of rotatable bonds is 4. The van der Waals surface area contributed by atoms with Crippen LogP contribution in [0.1, 0.15) is 12.5 Å². The molecule has 1 fully saturated rings. The van der Waals surface area contributed by atoms with Crippen LogP contribution < -0.4 is 5.32 Å². The fraction of sp³-hybridized carbons (Fsp3) is 0.538. The second-order valence-electron chi connectivity index (χ2n) is 4.26. The summed E-state index contributed by atoms with van der Waals surface area (Å²) >= 11 is 1.97. The molecular weight excluding hydrogens is 221 g/mol. The van der Waals surface area contributed by atoms with E-state index in [9.17, 15) is 4.39 Å². The Hall–Kier alpha value is -0.540. The van der Waals surface area contributed by atoms with E-state index in [2.05, 4.69) is 12.2 Å². The molecule has 0 saturated carbocycles. The zero-order valence-corrected chi connectivity index (χ0v) is 10.4. The van der Waals surface area contributed by atoms with Crippen molar-refractivity contribution in [3.8, 4) is 0 Å². The van der Waals surface area contributed by atoms with Crippen LogP contribution >= 0.6 is 11.8 Å². The highest BCUT2D eigenvalue weighted by atomic mass is 32.2. The molecule has 0 bridgehead atoms. The molecule has 1 aliphatic rings. The van der Waals surface area contributed by atoms with Crippen LogP contribution in [0.25, 0.3) is 0 Å². The monoisotopic (exact) mass is 239 g/mol. The predicted molar refractivity (Wildman–Crippen MR) is 68.4 cm³/mol. The highest BCUT2D eigenvalue weighted by molar-refractivity contribution is 7.99. The van der Waals surface area contributed by atoms with E-state index in [-0.39, 0.29) is 5.82 Å². The zero-order valence-electron chi connectivity index (χ0n) is 9.58. The SMILES string of the molecule is CCNC1CSCC1Cc1ccccc1F. The van der Waals surface area contributed by atoms with E-state index in [1.54, 1.807) is 12.1 Å². The van der Waals surface area contributed by atoms with Crippen molar-refractivity contribution in [1.82, 2.24) is 5.32 Å². The largest absolute Gasteiger partial charge is 0.313 e. The Balaban J connectivity index is 2.01. The molecule has 2 atom stereocenters. The summed E-state index contributed by atoms with van der Waals surface area (Å²) in [5.74, 6) is 2.82. The second kappa shape index (κ2) is 5.69. The van der Waals surface area contributed by atoms with Gasteiger partial charge in [0.2, 0.25) is 0 Å². The van der Waals surface area contributed by atoms with Gasteiger partial charge in [-0.05, 0) is 36.3 Å². The van der Waals surface area contributed by atoms with Crippen molar-refractivity contribution in [2.24, 2.45) is 5.92 Å². The van der Waals surface area contributed by atoms with Gasteiger partial charge in [0, 0.05) is 11.8 Å². The topological polar surface area (TPSA) is 12.0 Å². The van der Waals surface area contributed by atoms with Gasteiger partial charge in [0.15, 0.2) is 0 Å². The van der Waals surface area contributed by atoms with Crippen LogP contribution in [0, 0.1) is 11.7 Å². The van der Waals surface area contributed by atoms with E-state index in [4.69, 9.17) is 0 Å². The van der Waals surface area contributed by atoms with E-state index in [0.717, 1.165) is 30.0 Å². The molecule has 1 aromatic rings. The van der Waals surface area contributed by atoms with Crippen LogP contribution in [0.15, 0.2) is 24.3 Å². The van der Waals surface area contributed by atoms with Gasteiger partial charge in [-0.3, -0.25) is 0 Å². The van der Waals surface area contributed by atoms with Crippen LogP contribution in [-0.4, -0.2) is 24.1 Å². The molecule has 1 aromatic carbocycles. The van der Waals surface area contributed by atoms with E-state index in [0.29, 0.717) is 12.0 Å². The fourth-order valence-corrected chi connectivity index (χ4v) is 3.67. The van der Waals surface area contributed by atoms with E-state index >= 15 is 0 Å². The molecule has 1 nitrogen and oxygen atoms in total. The molecule has 0 aliphatic carbocycles. The first-order chi connectivity index (χ1) is 7.81. The zero-order chi connectivity index (χ0) is 11.4. The molecule has 88 valence electrons.